The van der Waals surface area contributed by atoms with Crippen molar-refractivity contribution in [3.05, 3.63) is 53.1 Å². The minimum Gasteiger partial charge on any atom is -0.349 e. The predicted molar refractivity (Wildman–Crippen MR) is 93.5 cm³/mol. The van der Waals surface area contributed by atoms with Gasteiger partial charge in [0.25, 0.3) is 5.78 Å². The molecule has 1 aliphatic heterocycles. The predicted octanol–water partition coefficient (Wildman–Crippen LogP) is 3.06. The van der Waals surface area contributed by atoms with Crippen LogP contribution in [0.25, 0.3) is 16.7 Å². The monoisotopic (exact) mass is 338 g/mol. The average molecular weight is 339 g/mol. The van der Waals surface area contributed by atoms with Crippen molar-refractivity contribution in [2.24, 2.45) is 0 Å². The summed E-state index contributed by atoms with van der Waals surface area (Å²) >= 11 is 6.16. The lowest BCUT2D eigenvalue weighted by Crippen LogP contribution is -2.34. The molecule has 0 spiro atoms. The number of aromatic nitrogens is 5. The Hall–Kier alpha value is -2.60. The highest BCUT2D eigenvalue weighted by molar-refractivity contribution is 6.31. The van der Waals surface area contributed by atoms with Gasteiger partial charge in [-0.2, -0.15) is 14.6 Å². The summed E-state index contributed by atoms with van der Waals surface area (Å²) in [5.41, 5.74) is 3.43. The van der Waals surface area contributed by atoms with Gasteiger partial charge in [0, 0.05) is 46.5 Å². The second-order valence-electron chi connectivity index (χ2n) is 6.14. The van der Waals surface area contributed by atoms with Crippen molar-refractivity contribution >= 4 is 34.1 Å². The number of aryl methyl sites for hydroxylation is 1. The molecule has 4 heterocycles. The van der Waals surface area contributed by atoms with Gasteiger partial charge < -0.3 is 9.47 Å². The number of hydrogen-bond donors (Lipinski definition) is 0. The molecule has 0 amide bonds. The third-order valence-electron chi connectivity index (χ3n) is 4.58. The number of rotatable bonds is 1. The number of hydrogen-bond acceptors (Lipinski definition) is 4. The van der Waals surface area contributed by atoms with Crippen molar-refractivity contribution in [2.45, 2.75) is 20.0 Å². The van der Waals surface area contributed by atoms with Crippen molar-refractivity contribution in [1.82, 2.24) is 24.1 Å². The number of fused-ring (bicyclic) bond motifs is 4. The smallest absolute Gasteiger partial charge is 0.254 e. The summed E-state index contributed by atoms with van der Waals surface area (Å²) < 4.78 is 4.16. The zero-order valence-corrected chi connectivity index (χ0v) is 13.9. The molecule has 24 heavy (non-hydrogen) atoms. The standard InChI is InChI=1S/C17H15ClN6/c1-11-6-16(24-17(21-11)19-10-20-24)22-4-5-23-14(9-22)7-12-2-3-13(18)8-15(12)23/h2-3,6-8,10H,4-5,9H2,1H3. The second kappa shape index (κ2) is 4.95. The van der Waals surface area contributed by atoms with Crippen molar-refractivity contribution in [2.75, 3.05) is 11.4 Å². The summed E-state index contributed by atoms with van der Waals surface area (Å²) in [6.07, 6.45) is 1.55. The molecule has 0 unspecified atom stereocenters. The van der Waals surface area contributed by atoms with Crippen LogP contribution < -0.4 is 4.90 Å². The molecule has 7 heteroatoms. The molecule has 120 valence electrons. The number of halogens is 1. The minimum atomic E-state index is 0.642. The van der Waals surface area contributed by atoms with Crippen LogP contribution in [0.2, 0.25) is 5.02 Å². The Labute approximate surface area is 143 Å². The molecule has 0 saturated carbocycles. The highest BCUT2D eigenvalue weighted by Crippen LogP contribution is 2.29. The Morgan fingerprint density at radius 1 is 1.12 bits per heavy atom. The summed E-state index contributed by atoms with van der Waals surface area (Å²) in [4.78, 5) is 11.0. The molecule has 0 atom stereocenters. The van der Waals surface area contributed by atoms with Crippen molar-refractivity contribution in [3.8, 4) is 0 Å². The van der Waals surface area contributed by atoms with Gasteiger partial charge in [0.15, 0.2) is 0 Å². The van der Waals surface area contributed by atoms with Crippen LogP contribution in [0.4, 0.5) is 5.82 Å². The van der Waals surface area contributed by atoms with E-state index >= 15 is 0 Å². The first-order valence-corrected chi connectivity index (χ1v) is 8.27. The molecule has 6 nitrogen and oxygen atoms in total. The lowest BCUT2D eigenvalue weighted by Gasteiger charge is -2.30. The van der Waals surface area contributed by atoms with Crippen LogP contribution in [0.3, 0.4) is 0 Å². The largest absolute Gasteiger partial charge is 0.349 e. The van der Waals surface area contributed by atoms with Gasteiger partial charge in [-0.25, -0.2) is 4.98 Å². The van der Waals surface area contributed by atoms with Crippen LogP contribution in [-0.2, 0) is 13.1 Å². The Bertz CT molecular complexity index is 1080. The fourth-order valence-corrected chi connectivity index (χ4v) is 3.67. The fourth-order valence-electron chi connectivity index (χ4n) is 3.51. The molecule has 0 N–H and O–H groups in total. The van der Waals surface area contributed by atoms with Gasteiger partial charge in [0.2, 0.25) is 0 Å². The first-order valence-electron chi connectivity index (χ1n) is 7.89. The van der Waals surface area contributed by atoms with E-state index in [1.54, 1.807) is 6.33 Å². The minimum absolute atomic E-state index is 0.642. The van der Waals surface area contributed by atoms with Crippen LogP contribution in [-0.4, -0.2) is 30.7 Å². The van der Waals surface area contributed by atoms with Crippen molar-refractivity contribution < 1.29 is 0 Å². The molecule has 0 saturated heterocycles. The maximum absolute atomic E-state index is 6.16. The Kier molecular flexibility index (Phi) is 2.84. The number of nitrogens with zero attached hydrogens (tertiary/aromatic N) is 6. The Balaban J connectivity index is 1.61. The molecule has 1 aromatic carbocycles. The van der Waals surface area contributed by atoms with E-state index in [0.717, 1.165) is 36.2 Å². The van der Waals surface area contributed by atoms with Crippen molar-refractivity contribution in [1.29, 1.82) is 0 Å². The van der Waals surface area contributed by atoms with Crippen molar-refractivity contribution in [3.63, 3.8) is 0 Å². The SMILES string of the molecule is Cc1cc(N2CCn3c(cc4ccc(Cl)cc43)C2)n2ncnc2n1. The topological polar surface area (TPSA) is 51.2 Å². The van der Waals surface area contributed by atoms with E-state index in [1.165, 1.54) is 16.6 Å². The molecule has 4 aromatic rings. The maximum atomic E-state index is 6.16. The van der Waals surface area contributed by atoms with Crippen LogP contribution in [0, 0.1) is 6.92 Å². The second-order valence-corrected chi connectivity index (χ2v) is 6.58. The van der Waals surface area contributed by atoms with Gasteiger partial charge in [-0.3, -0.25) is 0 Å². The number of anilines is 1. The average Bonchev–Trinajstić information content (AvgIpc) is 3.17. The molecular weight excluding hydrogens is 324 g/mol. The first-order chi connectivity index (χ1) is 11.7. The molecular formula is C17H15ClN6. The highest BCUT2D eigenvalue weighted by atomic mass is 35.5. The van der Waals surface area contributed by atoms with E-state index in [9.17, 15) is 0 Å². The fraction of sp³-hybridized carbons (Fsp3) is 0.235. The van der Waals surface area contributed by atoms with Gasteiger partial charge >= 0.3 is 0 Å². The summed E-state index contributed by atoms with van der Waals surface area (Å²) in [6, 6.07) is 10.4. The highest BCUT2D eigenvalue weighted by Gasteiger charge is 2.21. The lowest BCUT2D eigenvalue weighted by atomic mass is 10.2. The molecule has 0 bridgehead atoms. The van der Waals surface area contributed by atoms with Gasteiger partial charge in [0.1, 0.15) is 12.1 Å². The molecule has 0 radical (unpaired) electrons. The molecule has 3 aromatic heterocycles. The summed E-state index contributed by atoms with van der Waals surface area (Å²) in [6.45, 7) is 4.63. The zero-order valence-electron chi connectivity index (χ0n) is 13.1. The van der Waals surface area contributed by atoms with Gasteiger partial charge in [-0.1, -0.05) is 17.7 Å². The van der Waals surface area contributed by atoms with E-state index in [1.807, 2.05) is 23.6 Å². The van der Waals surface area contributed by atoms with Gasteiger partial charge in [-0.15, -0.1) is 0 Å². The zero-order chi connectivity index (χ0) is 16.3. The van der Waals surface area contributed by atoms with Crippen LogP contribution in [0.15, 0.2) is 36.7 Å². The lowest BCUT2D eigenvalue weighted by molar-refractivity contribution is 0.575. The third kappa shape index (κ3) is 1.99. The van der Waals surface area contributed by atoms with E-state index < -0.39 is 0 Å². The third-order valence-corrected chi connectivity index (χ3v) is 4.82. The summed E-state index contributed by atoms with van der Waals surface area (Å²) in [5, 5.41) is 6.33. The summed E-state index contributed by atoms with van der Waals surface area (Å²) in [7, 11) is 0. The summed E-state index contributed by atoms with van der Waals surface area (Å²) in [5.74, 6) is 1.67. The first kappa shape index (κ1) is 13.8. The molecule has 0 aliphatic carbocycles. The van der Waals surface area contributed by atoms with E-state index in [4.69, 9.17) is 11.6 Å². The van der Waals surface area contributed by atoms with Crippen LogP contribution in [0.5, 0.6) is 0 Å². The van der Waals surface area contributed by atoms with Gasteiger partial charge in [0.05, 0.1) is 6.54 Å². The number of benzene rings is 1. The molecule has 5 rings (SSSR count). The molecule has 1 aliphatic rings. The normalized spacial score (nSPS) is 14.5. The Morgan fingerprint density at radius 2 is 2.04 bits per heavy atom. The maximum Gasteiger partial charge on any atom is 0.254 e. The van der Waals surface area contributed by atoms with Gasteiger partial charge in [-0.05, 0) is 25.1 Å². The molecule has 0 fully saturated rings. The quantitative estimate of drug-likeness (QED) is 0.535. The van der Waals surface area contributed by atoms with E-state index in [-0.39, 0.29) is 0 Å². The Morgan fingerprint density at radius 3 is 2.96 bits per heavy atom. The van der Waals surface area contributed by atoms with Crippen LogP contribution >= 0.6 is 11.6 Å². The van der Waals surface area contributed by atoms with Crippen LogP contribution in [0.1, 0.15) is 11.4 Å². The van der Waals surface area contributed by atoms with E-state index in [2.05, 4.69) is 42.7 Å². The van der Waals surface area contributed by atoms with E-state index in [0.29, 0.717) is 5.78 Å².